The summed E-state index contributed by atoms with van der Waals surface area (Å²) in [6.45, 7) is 5.88. The van der Waals surface area contributed by atoms with Crippen molar-refractivity contribution in [3.05, 3.63) is 51.2 Å². The van der Waals surface area contributed by atoms with Crippen LogP contribution >= 0.6 is 27.5 Å². The molecule has 2 N–H and O–H groups in total. The number of ether oxygens (including phenoxy) is 2. The van der Waals surface area contributed by atoms with E-state index >= 15 is 0 Å². The first-order chi connectivity index (χ1) is 13.1. The van der Waals surface area contributed by atoms with Gasteiger partial charge in [-0.2, -0.15) is 0 Å². The fourth-order valence-corrected chi connectivity index (χ4v) is 3.09. The lowest BCUT2D eigenvalue weighted by Gasteiger charge is -2.22. The molecule has 0 radical (unpaired) electrons. The van der Waals surface area contributed by atoms with Gasteiger partial charge in [-0.05, 0) is 51.1 Å². The summed E-state index contributed by atoms with van der Waals surface area (Å²) in [5, 5.41) is 6.05. The summed E-state index contributed by atoms with van der Waals surface area (Å²) < 4.78 is 25.3. The minimum atomic E-state index is -0.483. The Kier molecular flexibility index (Phi) is 7.55. The van der Waals surface area contributed by atoms with Gasteiger partial charge in [0, 0.05) is 27.8 Å². The van der Waals surface area contributed by atoms with Gasteiger partial charge in [0.1, 0.15) is 5.82 Å². The van der Waals surface area contributed by atoms with E-state index in [1.165, 1.54) is 19.2 Å². The van der Waals surface area contributed by atoms with Gasteiger partial charge < -0.3 is 20.1 Å². The lowest BCUT2D eigenvalue weighted by molar-refractivity contribution is -0.124. The van der Waals surface area contributed by atoms with Crippen LogP contribution in [0.1, 0.15) is 26.3 Å². The molecular formula is C20H23BrClFN2O3. The molecule has 0 heterocycles. The van der Waals surface area contributed by atoms with E-state index in [-0.39, 0.29) is 23.1 Å². The molecule has 0 saturated carbocycles. The molecule has 152 valence electrons. The number of methoxy groups -OCH3 is 1. The zero-order valence-corrected chi connectivity index (χ0v) is 18.5. The molecular weight excluding hydrogens is 451 g/mol. The van der Waals surface area contributed by atoms with Gasteiger partial charge in [-0.1, -0.05) is 27.5 Å². The predicted molar refractivity (Wildman–Crippen MR) is 113 cm³/mol. The number of carbonyl (C=O) groups excluding carboxylic acids is 1. The molecule has 0 unspecified atom stereocenters. The highest BCUT2D eigenvalue weighted by atomic mass is 79.9. The Hall–Kier alpha value is -1.99. The van der Waals surface area contributed by atoms with Gasteiger partial charge in [0.15, 0.2) is 18.1 Å². The van der Waals surface area contributed by atoms with Crippen LogP contribution < -0.4 is 20.1 Å². The fourth-order valence-electron chi connectivity index (χ4n) is 2.45. The van der Waals surface area contributed by atoms with Crippen molar-refractivity contribution < 1.29 is 18.7 Å². The second-order valence-corrected chi connectivity index (χ2v) is 8.39. The van der Waals surface area contributed by atoms with E-state index in [0.717, 1.165) is 10.0 Å². The van der Waals surface area contributed by atoms with Crippen LogP contribution in [0.2, 0.25) is 5.02 Å². The fraction of sp³-hybridized carbons (Fsp3) is 0.350. The molecule has 0 bridgehead atoms. The molecule has 0 atom stereocenters. The zero-order chi connectivity index (χ0) is 20.9. The summed E-state index contributed by atoms with van der Waals surface area (Å²) in [7, 11) is 1.53. The Morgan fingerprint density at radius 2 is 1.96 bits per heavy atom. The quantitative estimate of drug-likeness (QED) is 0.583. The maximum atomic E-state index is 13.3. The molecule has 2 rings (SSSR count). The number of carbonyl (C=O) groups is 1. The Morgan fingerprint density at radius 3 is 2.57 bits per heavy atom. The molecule has 0 fully saturated rings. The number of halogens is 3. The van der Waals surface area contributed by atoms with Crippen LogP contribution in [0.15, 0.2) is 34.8 Å². The van der Waals surface area contributed by atoms with Crippen molar-refractivity contribution in [3.8, 4) is 11.5 Å². The van der Waals surface area contributed by atoms with Crippen LogP contribution in [0.3, 0.4) is 0 Å². The van der Waals surface area contributed by atoms with Gasteiger partial charge in [-0.15, -0.1) is 0 Å². The van der Waals surface area contributed by atoms with E-state index in [9.17, 15) is 9.18 Å². The molecule has 2 aromatic rings. The van der Waals surface area contributed by atoms with Gasteiger partial charge in [0.2, 0.25) is 0 Å². The molecule has 0 aliphatic rings. The van der Waals surface area contributed by atoms with Crippen molar-refractivity contribution in [2.45, 2.75) is 32.9 Å². The first kappa shape index (κ1) is 22.3. The zero-order valence-electron chi connectivity index (χ0n) is 16.2. The molecule has 0 saturated heterocycles. The topological polar surface area (TPSA) is 59.6 Å². The third-order valence-corrected chi connectivity index (χ3v) is 4.67. The van der Waals surface area contributed by atoms with Gasteiger partial charge >= 0.3 is 0 Å². The van der Waals surface area contributed by atoms with Crippen molar-refractivity contribution in [2.24, 2.45) is 0 Å². The molecule has 5 nitrogen and oxygen atoms in total. The lowest BCUT2D eigenvalue weighted by Crippen LogP contribution is -2.43. The van der Waals surface area contributed by atoms with Crippen molar-refractivity contribution >= 4 is 39.1 Å². The first-order valence-electron chi connectivity index (χ1n) is 8.59. The van der Waals surface area contributed by atoms with E-state index in [1.54, 1.807) is 12.1 Å². The highest BCUT2D eigenvalue weighted by Gasteiger charge is 2.18. The average Bonchev–Trinajstić information content (AvgIpc) is 2.60. The molecule has 2 aromatic carbocycles. The van der Waals surface area contributed by atoms with Gasteiger partial charge in [-0.3, -0.25) is 4.79 Å². The van der Waals surface area contributed by atoms with Crippen molar-refractivity contribution in [2.75, 3.05) is 19.0 Å². The standard InChI is InChI=1S/C20H23BrClFN2O3/c1-20(2,3)25-18(26)11-28-19-13(14(21)6-8-17(19)27-4)10-24-12-5-7-16(23)15(22)9-12/h5-9,24H,10-11H2,1-4H3,(H,25,26). The first-order valence-corrected chi connectivity index (χ1v) is 9.76. The number of benzene rings is 2. The van der Waals surface area contributed by atoms with Gasteiger partial charge in [0.25, 0.3) is 5.91 Å². The summed E-state index contributed by atoms with van der Waals surface area (Å²) in [5.41, 5.74) is 1.05. The molecule has 0 spiro atoms. The monoisotopic (exact) mass is 472 g/mol. The number of nitrogens with one attached hydrogen (secondary N) is 2. The second-order valence-electron chi connectivity index (χ2n) is 7.13. The van der Waals surface area contributed by atoms with Crippen molar-refractivity contribution in [1.29, 1.82) is 0 Å². The predicted octanol–water partition coefficient (Wildman–Crippen LogP) is 5.16. The van der Waals surface area contributed by atoms with Crippen molar-refractivity contribution in [3.63, 3.8) is 0 Å². The second kappa shape index (κ2) is 9.47. The van der Waals surface area contributed by atoms with E-state index in [1.807, 2.05) is 26.8 Å². The third-order valence-electron chi connectivity index (χ3n) is 3.64. The molecule has 0 aromatic heterocycles. The molecule has 0 aliphatic carbocycles. The van der Waals surface area contributed by atoms with Crippen LogP contribution in [-0.2, 0) is 11.3 Å². The van der Waals surface area contributed by atoms with Gasteiger partial charge in [0.05, 0.1) is 12.1 Å². The summed E-state index contributed by atoms with van der Waals surface area (Å²) in [5.74, 6) is 0.227. The Morgan fingerprint density at radius 1 is 1.25 bits per heavy atom. The molecule has 28 heavy (non-hydrogen) atoms. The average molecular weight is 474 g/mol. The normalized spacial score (nSPS) is 11.1. The Balaban J connectivity index is 2.20. The highest BCUT2D eigenvalue weighted by molar-refractivity contribution is 9.10. The summed E-state index contributed by atoms with van der Waals surface area (Å²) in [4.78, 5) is 12.1. The maximum absolute atomic E-state index is 13.3. The van der Waals surface area contributed by atoms with E-state index in [0.29, 0.717) is 23.7 Å². The molecule has 8 heteroatoms. The number of rotatable bonds is 7. The Labute approximate surface area is 177 Å². The summed E-state index contributed by atoms with van der Waals surface area (Å²) in [6, 6.07) is 7.96. The smallest absolute Gasteiger partial charge is 0.258 e. The Bertz CT molecular complexity index is 856. The van der Waals surface area contributed by atoms with E-state index < -0.39 is 5.82 Å². The summed E-state index contributed by atoms with van der Waals surface area (Å²) in [6.07, 6.45) is 0. The SMILES string of the molecule is COc1ccc(Br)c(CNc2ccc(F)c(Cl)c2)c1OCC(=O)NC(C)(C)C. The molecule has 0 aliphatic heterocycles. The van der Waals surface area contributed by atoms with E-state index in [4.69, 9.17) is 21.1 Å². The molecule has 1 amide bonds. The minimum Gasteiger partial charge on any atom is -0.493 e. The highest BCUT2D eigenvalue weighted by Crippen LogP contribution is 2.37. The van der Waals surface area contributed by atoms with Gasteiger partial charge in [-0.25, -0.2) is 4.39 Å². The minimum absolute atomic E-state index is 0.0324. The largest absolute Gasteiger partial charge is 0.493 e. The lowest BCUT2D eigenvalue weighted by atomic mass is 10.1. The number of anilines is 1. The maximum Gasteiger partial charge on any atom is 0.258 e. The number of amides is 1. The van der Waals surface area contributed by atoms with Crippen LogP contribution in [-0.4, -0.2) is 25.2 Å². The van der Waals surface area contributed by atoms with Crippen molar-refractivity contribution in [1.82, 2.24) is 5.32 Å². The van der Waals surface area contributed by atoms with Crippen LogP contribution in [0, 0.1) is 5.82 Å². The number of hydrogen-bond donors (Lipinski definition) is 2. The third kappa shape index (κ3) is 6.27. The number of hydrogen-bond acceptors (Lipinski definition) is 4. The van der Waals surface area contributed by atoms with E-state index in [2.05, 4.69) is 26.6 Å². The van der Waals surface area contributed by atoms with Crippen LogP contribution in [0.5, 0.6) is 11.5 Å². The summed E-state index contributed by atoms with van der Waals surface area (Å²) >= 11 is 9.33. The van der Waals surface area contributed by atoms with Crippen LogP contribution in [0.4, 0.5) is 10.1 Å². The van der Waals surface area contributed by atoms with Crippen LogP contribution in [0.25, 0.3) is 0 Å².